The van der Waals surface area contributed by atoms with E-state index in [1.54, 1.807) is 35.6 Å². The fourth-order valence-electron chi connectivity index (χ4n) is 2.19. The van der Waals surface area contributed by atoms with Crippen molar-refractivity contribution in [1.29, 1.82) is 0 Å². The molecule has 1 aromatic heterocycles. The Hall–Kier alpha value is -1.22. The maximum atomic E-state index is 13.0. The molecule has 5 heteroatoms. The van der Waals surface area contributed by atoms with Crippen LogP contribution in [0, 0.1) is 20.8 Å². The predicted octanol–water partition coefficient (Wildman–Crippen LogP) is 4.06. The van der Waals surface area contributed by atoms with E-state index < -0.39 is 12.9 Å². The van der Waals surface area contributed by atoms with Gasteiger partial charge in [0.05, 0.1) is 0 Å². The summed E-state index contributed by atoms with van der Waals surface area (Å²) in [4.78, 5) is 14.7. The van der Waals surface area contributed by atoms with Crippen molar-refractivity contribution in [2.45, 2.75) is 20.8 Å². The molecule has 20 heavy (non-hydrogen) atoms. The molecular formula is C15H17O3PS. The maximum Gasteiger partial charge on any atom is 0.300 e. The number of carbonyl (C=O) groups excluding carboxylic acids is 1. The predicted molar refractivity (Wildman–Crippen MR) is 83.6 cm³/mol. The van der Waals surface area contributed by atoms with Gasteiger partial charge in [0.25, 0.3) is 5.52 Å². The average molecular weight is 308 g/mol. The summed E-state index contributed by atoms with van der Waals surface area (Å²) in [5.41, 5.74) is 1.03. The number of hydrogen-bond donors (Lipinski definition) is 0. The van der Waals surface area contributed by atoms with Crippen LogP contribution in [0.1, 0.15) is 25.7 Å². The smallest absolute Gasteiger partial charge is 0.300 e. The topological polar surface area (TPSA) is 43.4 Å². The van der Waals surface area contributed by atoms with E-state index in [4.69, 9.17) is 4.52 Å². The van der Waals surface area contributed by atoms with Crippen LogP contribution in [0.2, 0.25) is 0 Å². The molecule has 0 fully saturated rings. The fourth-order valence-corrected chi connectivity index (χ4v) is 5.13. The summed E-state index contributed by atoms with van der Waals surface area (Å²) in [5.74, 6) is 0. The van der Waals surface area contributed by atoms with Crippen LogP contribution < -0.4 is 5.30 Å². The Kier molecular flexibility index (Phi) is 4.28. The van der Waals surface area contributed by atoms with E-state index in [-0.39, 0.29) is 0 Å². The monoisotopic (exact) mass is 308 g/mol. The van der Waals surface area contributed by atoms with Crippen molar-refractivity contribution < 1.29 is 13.9 Å². The summed E-state index contributed by atoms with van der Waals surface area (Å²) in [6.45, 7) is 5.73. The summed E-state index contributed by atoms with van der Waals surface area (Å²) in [6, 6.07) is 8.68. The van der Waals surface area contributed by atoms with Crippen molar-refractivity contribution >= 4 is 29.5 Å². The molecule has 2 rings (SSSR count). The van der Waals surface area contributed by atoms with Crippen molar-refractivity contribution in [1.82, 2.24) is 0 Å². The number of benzene rings is 1. The lowest BCUT2D eigenvalue weighted by Crippen LogP contribution is -2.15. The molecule has 0 saturated heterocycles. The van der Waals surface area contributed by atoms with Gasteiger partial charge >= 0.3 is 7.37 Å². The summed E-state index contributed by atoms with van der Waals surface area (Å²) >= 11 is 1.55. The third-order valence-electron chi connectivity index (χ3n) is 3.40. The molecular weight excluding hydrogens is 291 g/mol. The van der Waals surface area contributed by atoms with Gasteiger partial charge in [-0.2, -0.15) is 0 Å². The standard InChI is InChI=1S/C15H17O3PS/c1-10-11(2)20-12(3)14(10)15(16)19(17,18-4)13-8-6-5-7-9-13/h5-9H,1-4H3. The highest BCUT2D eigenvalue weighted by atomic mass is 32.1. The van der Waals surface area contributed by atoms with Crippen LogP contribution in [-0.2, 0) is 9.09 Å². The van der Waals surface area contributed by atoms with Gasteiger partial charge in [-0.3, -0.25) is 9.36 Å². The van der Waals surface area contributed by atoms with Crippen molar-refractivity contribution in [2.75, 3.05) is 7.11 Å². The Morgan fingerprint density at radius 3 is 2.15 bits per heavy atom. The molecule has 0 N–H and O–H groups in total. The van der Waals surface area contributed by atoms with Crippen LogP contribution in [0.4, 0.5) is 0 Å². The molecule has 106 valence electrons. The summed E-state index contributed by atoms with van der Waals surface area (Å²) < 4.78 is 18.2. The maximum absolute atomic E-state index is 13.0. The Bertz CT molecular complexity index is 689. The minimum Gasteiger partial charge on any atom is -0.323 e. The van der Waals surface area contributed by atoms with Crippen molar-refractivity contribution in [3.05, 3.63) is 51.2 Å². The molecule has 0 spiro atoms. The molecule has 0 aliphatic carbocycles. The van der Waals surface area contributed by atoms with Crippen LogP contribution in [0.25, 0.3) is 0 Å². The van der Waals surface area contributed by atoms with Gasteiger partial charge in [0.2, 0.25) is 0 Å². The average Bonchev–Trinajstić information content (AvgIpc) is 2.71. The van der Waals surface area contributed by atoms with Gasteiger partial charge in [-0.05, 0) is 38.5 Å². The lowest BCUT2D eigenvalue weighted by molar-refractivity contribution is 0.106. The van der Waals surface area contributed by atoms with Crippen molar-refractivity contribution in [2.24, 2.45) is 0 Å². The highest BCUT2D eigenvalue weighted by Gasteiger charge is 2.37. The summed E-state index contributed by atoms with van der Waals surface area (Å²) in [7, 11) is -2.21. The first-order valence-corrected chi connectivity index (χ1v) is 8.68. The molecule has 1 unspecified atom stereocenters. The molecule has 1 atom stereocenters. The zero-order valence-corrected chi connectivity index (χ0v) is 13.7. The second kappa shape index (κ2) is 5.65. The van der Waals surface area contributed by atoms with E-state index >= 15 is 0 Å². The number of carbonyl (C=O) groups is 1. The Morgan fingerprint density at radius 1 is 1.10 bits per heavy atom. The Balaban J connectivity index is 2.58. The van der Waals surface area contributed by atoms with Gasteiger partial charge in [-0.25, -0.2) is 0 Å². The molecule has 1 heterocycles. The minimum atomic E-state index is -3.54. The molecule has 0 amide bonds. The lowest BCUT2D eigenvalue weighted by atomic mass is 10.1. The number of aryl methyl sites for hydroxylation is 2. The highest BCUT2D eigenvalue weighted by Crippen LogP contribution is 2.50. The van der Waals surface area contributed by atoms with E-state index in [0.717, 1.165) is 15.3 Å². The molecule has 0 aliphatic heterocycles. The second-order valence-corrected chi connectivity index (χ2v) is 8.41. The van der Waals surface area contributed by atoms with Gasteiger partial charge in [0.15, 0.2) is 0 Å². The number of hydrogen-bond acceptors (Lipinski definition) is 4. The third kappa shape index (κ3) is 2.39. The summed E-state index contributed by atoms with van der Waals surface area (Å²) in [5, 5.41) is 0.440. The van der Waals surface area contributed by atoms with Gasteiger partial charge in [0, 0.05) is 27.7 Å². The van der Waals surface area contributed by atoms with Gasteiger partial charge in [-0.1, -0.05) is 18.2 Å². The van der Waals surface area contributed by atoms with Crippen LogP contribution in [0.5, 0.6) is 0 Å². The SMILES string of the molecule is COP(=O)(C(=O)c1c(C)sc(C)c1C)c1ccccc1. The second-order valence-electron chi connectivity index (χ2n) is 4.59. The van der Waals surface area contributed by atoms with E-state index in [2.05, 4.69) is 0 Å². The van der Waals surface area contributed by atoms with Crippen LogP contribution >= 0.6 is 18.7 Å². The van der Waals surface area contributed by atoms with Crippen LogP contribution in [0.15, 0.2) is 30.3 Å². The Morgan fingerprint density at radius 2 is 1.70 bits per heavy atom. The molecule has 0 saturated carbocycles. The molecule has 2 aromatic rings. The first-order chi connectivity index (χ1) is 9.41. The molecule has 0 bridgehead atoms. The van der Waals surface area contributed by atoms with E-state index in [1.807, 2.05) is 26.8 Å². The Labute approximate surface area is 123 Å². The third-order valence-corrected chi connectivity index (χ3v) is 6.77. The van der Waals surface area contributed by atoms with Gasteiger partial charge < -0.3 is 4.52 Å². The minimum absolute atomic E-state index is 0.412. The molecule has 3 nitrogen and oxygen atoms in total. The normalized spacial score (nSPS) is 14.0. The first kappa shape index (κ1) is 15.2. The largest absolute Gasteiger partial charge is 0.323 e. The van der Waals surface area contributed by atoms with Crippen molar-refractivity contribution in [3.63, 3.8) is 0 Å². The molecule has 0 radical (unpaired) electrons. The summed E-state index contributed by atoms with van der Waals surface area (Å²) in [6.07, 6.45) is 0. The van der Waals surface area contributed by atoms with Crippen molar-refractivity contribution in [3.8, 4) is 0 Å². The van der Waals surface area contributed by atoms with Gasteiger partial charge in [0.1, 0.15) is 0 Å². The fraction of sp³-hybridized carbons (Fsp3) is 0.267. The number of thiophene rings is 1. The zero-order valence-electron chi connectivity index (χ0n) is 12.0. The zero-order chi connectivity index (χ0) is 14.9. The van der Waals surface area contributed by atoms with Gasteiger partial charge in [-0.15, -0.1) is 11.3 Å². The highest BCUT2D eigenvalue weighted by molar-refractivity contribution is 7.83. The quantitative estimate of drug-likeness (QED) is 0.800. The van der Waals surface area contributed by atoms with E-state index in [9.17, 15) is 9.36 Å². The molecule has 0 aliphatic rings. The van der Waals surface area contributed by atoms with E-state index in [1.165, 1.54) is 7.11 Å². The number of rotatable bonds is 4. The van der Waals surface area contributed by atoms with E-state index in [0.29, 0.717) is 10.9 Å². The van der Waals surface area contributed by atoms with Crippen LogP contribution in [0.3, 0.4) is 0 Å². The molecule has 1 aromatic carbocycles. The lowest BCUT2D eigenvalue weighted by Gasteiger charge is -2.15. The van der Waals surface area contributed by atoms with Crippen LogP contribution in [-0.4, -0.2) is 12.6 Å². The first-order valence-electron chi connectivity index (χ1n) is 6.24.